The highest BCUT2D eigenvalue weighted by Crippen LogP contribution is 2.27. The van der Waals surface area contributed by atoms with Gasteiger partial charge in [0.25, 0.3) is 0 Å². The fraction of sp³-hybridized carbons (Fsp3) is 0.625. The molecule has 1 atom stereocenters. The van der Waals surface area contributed by atoms with Gasteiger partial charge in [-0.05, 0) is 56.0 Å². The third kappa shape index (κ3) is 2.93. The minimum Gasteiger partial charge on any atom is -0.493 e. The van der Waals surface area contributed by atoms with Gasteiger partial charge in [-0.2, -0.15) is 0 Å². The largest absolute Gasteiger partial charge is 0.493 e. The van der Waals surface area contributed by atoms with Crippen molar-refractivity contribution in [3.8, 4) is 5.75 Å². The number of hydrogen-bond donors (Lipinski definition) is 1. The van der Waals surface area contributed by atoms with Gasteiger partial charge in [0.15, 0.2) is 0 Å². The van der Waals surface area contributed by atoms with E-state index in [0.29, 0.717) is 5.92 Å². The molecule has 2 heterocycles. The molecular formula is C16H23NO2. The average Bonchev–Trinajstić information content (AvgIpc) is 2.87. The Morgan fingerprint density at radius 1 is 1.37 bits per heavy atom. The monoisotopic (exact) mass is 261 g/mol. The second kappa shape index (κ2) is 5.51. The van der Waals surface area contributed by atoms with Gasteiger partial charge in [-0.3, -0.25) is 4.90 Å². The Bertz CT molecular complexity index is 436. The van der Waals surface area contributed by atoms with Crippen LogP contribution < -0.4 is 4.74 Å². The van der Waals surface area contributed by atoms with E-state index in [4.69, 9.17) is 4.74 Å². The predicted molar refractivity (Wildman–Crippen MR) is 75.3 cm³/mol. The average molecular weight is 261 g/mol. The lowest BCUT2D eigenvalue weighted by molar-refractivity contribution is 0.0695. The Hall–Kier alpha value is -1.06. The molecule has 2 aliphatic heterocycles. The van der Waals surface area contributed by atoms with Gasteiger partial charge in [0.2, 0.25) is 0 Å². The molecule has 2 aliphatic rings. The molecule has 0 radical (unpaired) electrons. The summed E-state index contributed by atoms with van der Waals surface area (Å²) in [4.78, 5) is 2.50. The van der Waals surface area contributed by atoms with Crippen molar-refractivity contribution in [1.29, 1.82) is 0 Å². The van der Waals surface area contributed by atoms with Gasteiger partial charge in [-0.25, -0.2) is 0 Å². The number of rotatable bonds is 3. The summed E-state index contributed by atoms with van der Waals surface area (Å²) in [6, 6.07) is 6.59. The van der Waals surface area contributed by atoms with Crippen molar-refractivity contribution in [2.75, 3.05) is 19.7 Å². The van der Waals surface area contributed by atoms with E-state index in [0.717, 1.165) is 51.3 Å². The number of hydrogen-bond acceptors (Lipinski definition) is 3. The molecule has 104 valence electrons. The van der Waals surface area contributed by atoms with Crippen molar-refractivity contribution in [3.63, 3.8) is 0 Å². The van der Waals surface area contributed by atoms with Crippen molar-refractivity contribution in [1.82, 2.24) is 4.90 Å². The SMILES string of the molecule is CC(O)C1CCN(Cc2ccc3c(c2)CCO3)CC1. The van der Waals surface area contributed by atoms with Crippen LogP contribution in [0.2, 0.25) is 0 Å². The molecular weight excluding hydrogens is 238 g/mol. The zero-order chi connectivity index (χ0) is 13.2. The van der Waals surface area contributed by atoms with Crippen LogP contribution in [-0.2, 0) is 13.0 Å². The van der Waals surface area contributed by atoms with E-state index < -0.39 is 0 Å². The Labute approximate surface area is 115 Å². The van der Waals surface area contributed by atoms with Gasteiger partial charge in [-0.1, -0.05) is 12.1 Å². The summed E-state index contributed by atoms with van der Waals surface area (Å²) in [6.45, 7) is 5.98. The Morgan fingerprint density at radius 3 is 2.89 bits per heavy atom. The molecule has 1 aromatic rings. The van der Waals surface area contributed by atoms with Crippen molar-refractivity contribution in [2.24, 2.45) is 5.92 Å². The highest BCUT2D eigenvalue weighted by atomic mass is 16.5. The van der Waals surface area contributed by atoms with Crippen LogP contribution in [-0.4, -0.2) is 35.8 Å². The molecule has 0 aromatic heterocycles. The Morgan fingerprint density at radius 2 is 2.16 bits per heavy atom. The van der Waals surface area contributed by atoms with Crippen molar-refractivity contribution in [3.05, 3.63) is 29.3 Å². The van der Waals surface area contributed by atoms with E-state index in [9.17, 15) is 5.11 Å². The van der Waals surface area contributed by atoms with Crippen LogP contribution in [0.25, 0.3) is 0 Å². The zero-order valence-corrected chi connectivity index (χ0v) is 11.6. The van der Waals surface area contributed by atoms with E-state index in [-0.39, 0.29) is 6.10 Å². The van der Waals surface area contributed by atoms with E-state index >= 15 is 0 Å². The first kappa shape index (κ1) is 12.9. The Kier molecular flexibility index (Phi) is 3.76. The summed E-state index contributed by atoms with van der Waals surface area (Å²) in [7, 11) is 0. The van der Waals surface area contributed by atoms with Gasteiger partial charge in [0, 0.05) is 13.0 Å². The van der Waals surface area contributed by atoms with E-state index in [1.165, 1.54) is 11.1 Å². The molecule has 3 heteroatoms. The number of piperidine rings is 1. The lowest BCUT2D eigenvalue weighted by Gasteiger charge is -2.33. The molecule has 0 spiro atoms. The zero-order valence-electron chi connectivity index (χ0n) is 11.6. The smallest absolute Gasteiger partial charge is 0.122 e. The van der Waals surface area contributed by atoms with Crippen LogP contribution in [0, 0.1) is 5.92 Å². The highest BCUT2D eigenvalue weighted by Gasteiger charge is 2.22. The molecule has 0 bridgehead atoms. The van der Waals surface area contributed by atoms with Gasteiger partial charge in [0.1, 0.15) is 5.75 Å². The maximum absolute atomic E-state index is 9.63. The molecule has 0 saturated carbocycles. The van der Waals surface area contributed by atoms with E-state index in [1.807, 2.05) is 6.92 Å². The molecule has 3 rings (SSSR count). The van der Waals surface area contributed by atoms with Crippen molar-refractivity contribution >= 4 is 0 Å². The standard InChI is InChI=1S/C16H23NO2/c1-12(18)14-4-7-17(8-5-14)11-13-2-3-16-15(10-13)6-9-19-16/h2-3,10,12,14,18H,4-9,11H2,1H3. The maximum Gasteiger partial charge on any atom is 0.122 e. The number of aliphatic hydroxyl groups is 1. The minimum absolute atomic E-state index is 0.153. The molecule has 1 unspecified atom stereocenters. The van der Waals surface area contributed by atoms with Crippen LogP contribution in [0.4, 0.5) is 0 Å². The number of benzene rings is 1. The lowest BCUT2D eigenvalue weighted by Crippen LogP contribution is -2.36. The first-order valence-corrected chi connectivity index (χ1v) is 7.37. The van der Waals surface area contributed by atoms with Crippen molar-refractivity contribution in [2.45, 2.75) is 38.8 Å². The molecule has 0 amide bonds. The summed E-state index contributed by atoms with van der Waals surface area (Å²) in [5.41, 5.74) is 2.75. The molecule has 3 nitrogen and oxygen atoms in total. The van der Waals surface area contributed by atoms with Crippen LogP contribution >= 0.6 is 0 Å². The number of fused-ring (bicyclic) bond motifs is 1. The van der Waals surface area contributed by atoms with Crippen LogP contribution in [0.3, 0.4) is 0 Å². The Balaban J connectivity index is 1.58. The fourth-order valence-electron chi connectivity index (χ4n) is 3.19. The molecule has 1 fully saturated rings. The molecule has 1 N–H and O–H groups in total. The summed E-state index contributed by atoms with van der Waals surface area (Å²) in [5, 5.41) is 9.63. The number of likely N-dealkylation sites (tertiary alicyclic amines) is 1. The third-order valence-electron chi connectivity index (χ3n) is 4.47. The normalized spacial score (nSPS) is 22.0. The lowest BCUT2D eigenvalue weighted by atomic mass is 9.92. The molecule has 0 aliphatic carbocycles. The van der Waals surface area contributed by atoms with E-state index in [2.05, 4.69) is 23.1 Å². The quantitative estimate of drug-likeness (QED) is 0.905. The van der Waals surface area contributed by atoms with Gasteiger partial charge in [-0.15, -0.1) is 0 Å². The summed E-state index contributed by atoms with van der Waals surface area (Å²) >= 11 is 0. The third-order valence-corrected chi connectivity index (χ3v) is 4.47. The fourth-order valence-corrected chi connectivity index (χ4v) is 3.19. The van der Waals surface area contributed by atoms with Gasteiger partial charge >= 0.3 is 0 Å². The summed E-state index contributed by atoms with van der Waals surface area (Å²) in [6.07, 6.45) is 3.13. The van der Waals surface area contributed by atoms with Crippen LogP contribution in [0.15, 0.2) is 18.2 Å². The van der Waals surface area contributed by atoms with E-state index in [1.54, 1.807) is 0 Å². The summed E-state index contributed by atoms with van der Waals surface area (Å²) < 4.78 is 5.54. The number of nitrogens with zero attached hydrogens (tertiary/aromatic N) is 1. The highest BCUT2D eigenvalue weighted by molar-refractivity contribution is 5.39. The maximum atomic E-state index is 9.63. The second-order valence-corrected chi connectivity index (χ2v) is 5.89. The van der Waals surface area contributed by atoms with Crippen LogP contribution in [0.5, 0.6) is 5.75 Å². The first-order valence-electron chi connectivity index (χ1n) is 7.37. The predicted octanol–water partition coefficient (Wildman–Crippen LogP) is 2.21. The van der Waals surface area contributed by atoms with Gasteiger partial charge in [0.05, 0.1) is 12.7 Å². The summed E-state index contributed by atoms with van der Waals surface area (Å²) in [5.74, 6) is 1.56. The first-order chi connectivity index (χ1) is 9.22. The number of aliphatic hydroxyl groups excluding tert-OH is 1. The number of ether oxygens (including phenoxy) is 1. The second-order valence-electron chi connectivity index (χ2n) is 5.89. The minimum atomic E-state index is -0.153. The molecule has 1 saturated heterocycles. The van der Waals surface area contributed by atoms with Crippen LogP contribution in [0.1, 0.15) is 30.9 Å². The molecule has 19 heavy (non-hydrogen) atoms. The van der Waals surface area contributed by atoms with Gasteiger partial charge < -0.3 is 9.84 Å². The topological polar surface area (TPSA) is 32.7 Å². The van der Waals surface area contributed by atoms with Crippen molar-refractivity contribution < 1.29 is 9.84 Å². The molecule has 1 aromatic carbocycles.